The summed E-state index contributed by atoms with van der Waals surface area (Å²) in [6.45, 7) is 2.28. The van der Waals surface area contributed by atoms with Gasteiger partial charge in [-0.25, -0.2) is 4.79 Å². The molecule has 0 radical (unpaired) electrons. The molecule has 7 nitrogen and oxygen atoms in total. The molecule has 31 heavy (non-hydrogen) atoms. The Morgan fingerprint density at radius 1 is 1.10 bits per heavy atom. The third-order valence-electron chi connectivity index (χ3n) is 6.43. The molecule has 0 aromatic heterocycles. The molecule has 4 rings (SSSR count). The van der Waals surface area contributed by atoms with Crippen LogP contribution < -0.4 is 10.1 Å². The molecule has 7 heteroatoms. The third-order valence-corrected chi connectivity index (χ3v) is 6.43. The van der Waals surface area contributed by atoms with Gasteiger partial charge in [0.25, 0.3) is 0 Å². The molecule has 2 heterocycles. The minimum absolute atomic E-state index is 0.296. The fraction of sp³-hybridized carbons (Fsp3) is 0.375. The van der Waals surface area contributed by atoms with E-state index >= 15 is 0 Å². The second-order valence-electron chi connectivity index (χ2n) is 8.03. The van der Waals surface area contributed by atoms with Gasteiger partial charge in [0.05, 0.1) is 18.9 Å². The summed E-state index contributed by atoms with van der Waals surface area (Å²) < 4.78 is 5.50. The molecule has 0 spiro atoms. The Bertz CT molecular complexity index is 1010. The number of hydrogen-bond donors (Lipinski definition) is 2. The van der Waals surface area contributed by atoms with Gasteiger partial charge in [0.1, 0.15) is 5.75 Å². The van der Waals surface area contributed by atoms with E-state index in [9.17, 15) is 19.5 Å². The second kappa shape index (κ2) is 8.15. The number of hydrogen-bond acceptors (Lipinski definition) is 5. The van der Waals surface area contributed by atoms with Crippen LogP contribution in [0.5, 0.6) is 5.75 Å². The van der Waals surface area contributed by atoms with E-state index in [2.05, 4.69) is 5.32 Å². The Labute approximate surface area is 181 Å². The number of unbranched alkanes of at least 4 members (excludes halogenated alkanes) is 1. The molecule has 2 aromatic rings. The molecule has 2 saturated heterocycles. The van der Waals surface area contributed by atoms with Gasteiger partial charge in [-0.2, -0.15) is 0 Å². The maximum Gasteiger partial charge on any atom is 0.329 e. The van der Waals surface area contributed by atoms with E-state index in [1.807, 2.05) is 25.1 Å². The highest BCUT2D eigenvalue weighted by atomic mass is 16.5. The average Bonchev–Trinajstić information content (AvgIpc) is 3.28. The monoisotopic (exact) mass is 422 g/mol. The maximum absolute atomic E-state index is 13.5. The van der Waals surface area contributed by atoms with E-state index in [4.69, 9.17) is 4.74 Å². The summed E-state index contributed by atoms with van der Waals surface area (Å²) in [7, 11) is 1.53. The average molecular weight is 422 g/mol. The fourth-order valence-electron chi connectivity index (χ4n) is 4.98. The normalized spacial score (nSPS) is 27.4. The quantitative estimate of drug-likeness (QED) is 0.666. The van der Waals surface area contributed by atoms with Crippen LogP contribution in [0.1, 0.15) is 36.9 Å². The number of carboxylic acids is 1. The van der Waals surface area contributed by atoms with Gasteiger partial charge in [-0.3, -0.25) is 19.8 Å². The van der Waals surface area contributed by atoms with Crippen molar-refractivity contribution in [3.8, 4) is 5.75 Å². The number of rotatable bonds is 7. The molecular formula is C24H26N2O5. The zero-order chi connectivity index (χ0) is 22.2. The number of para-hydroxylation sites is 1. The SMILES string of the molecule is CCCCN1C(=O)C2C(c3ccccc3OC)NC(C(=O)O)(c3ccccc3)C2C1=O. The van der Waals surface area contributed by atoms with Crippen LogP contribution in [0, 0.1) is 11.8 Å². The minimum Gasteiger partial charge on any atom is -0.496 e. The lowest BCUT2D eigenvalue weighted by molar-refractivity contribution is -0.152. The molecule has 0 saturated carbocycles. The van der Waals surface area contributed by atoms with Crippen LogP contribution >= 0.6 is 0 Å². The van der Waals surface area contributed by atoms with Crippen LogP contribution in [0.3, 0.4) is 0 Å². The highest BCUT2D eigenvalue weighted by Gasteiger charge is 2.69. The first-order valence-corrected chi connectivity index (χ1v) is 10.5. The van der Waals surface area contributed by atoms with Crippen molar-refractivity contribution in [1.29, 1.82) is 0 Å². The Morgan fingerprint density at radius 3 is 2.42 bits per heavy atom. The molecule has 2 aliphatic heterocycles. The van der Waals surface area contributed by atoms with Gasteiger partial charge in [-0.05, 0) is 18.1 Å². The molecule has 4 atom stereocenters. The summed E-state index contributed by atoms with van der Waals surface area (Å²) in [5, 5.41) is 13.6. The number of aliphatic carboxylic acids is 1. The van der Waals surface area contributed by atoms with Gasteiger partial charge in [-0.15, -0.1) is 0 Å². The molecule has 162 valence electrons. The number of amides is 2. The van der Waals surface area contributed by atoms with Crippen molar-refractivity contribution < 1.29 is 24.2 Å². The van der Waals surface area contributed by atoms with Gasteiger partial charge in [0.15, 0.2) is 5.54 Å². The maximum atomic E-state index is 13.5. The van der Waals surface area contributed by atoms with Crippen LogP contribution in [-0.2, 0) is 19.9 Å². The van der Waals surface area contributed by atoms with Gasteiger partial charge in [0, 0.05) is 18.2 Å². The number of imide groups is 1. The second-order valence-corrected chi connectivity index (χ2v) is 8.03. The van der Waals surface area contributed by atoms with Crippen LogP contribution in [0.15, 0.2) is 54.6 Å². The number of likely N-dealkylation sites (tertiary alicyclic amines) is 1. The van der Waals surface area contributed by atoms with Gasteiger partial charge >= 0.3 is 5.97 Å². The number of carbonyl (C=O) groups excluding carboxylic acids is 2. The first kappa shape index (κ1) is 21.1. The van der Waals surface area contributed by atoms with Crippen molar-refractivity contribution in [2.75, 3.05) is 13.7 Å². The topological polar surface area (TPSA) is 95.9 Å². The zero-order valence-electron chi connectivity index (χ0n) is 17.6. The third kappa shape index (κ3) is 3.11. The molecule has 2 aromatic carbocycles. The van der Waals surface area contributed by atoms with Crippen molar-refractivity contribution >= 4 is 17.8 Å². The Balaban J connectivity index is 1.91. The molecule has 4 unspecified atom stereocenters. The number of methoxy groups -OCH3 is 1. The van der Waals surface area contributed by atoms with Crippen LogP contribution in [0.25, 0.3) is 0 Å². The number of carbonyl (C=O) groups is 3. The molecule has 2 aliphatic rings. The molecule has 2 N–H and O–H groups in total. The van der Waals surface area contributed by atoms with Crippen molar-refractivity contribution in [3.05, 3.63) is 65.7 Å². The number of fused-ring (bicyclic) bond motifs is 1. The summed E-state index contributed by atoms with van der Waals surface area (Å²) in [4.78, 5) is 41.0. The molecule has 0 aliphatic carbocycles. The Morgan fingerprint density at radius 2 is 1.77 bits per heavy atom. The predicted octanol–water partition coefficient (Wildman–Crippen LogP) is 2.72. The van der Waals surface area contributed by atoms with E-state index in [-0.39, 0.29) is 5.91 Å². The van der Waals surface area contributed by atoms with Crippen LogP contribution in [-0.4, -0.2) is 41.4 Å². The standard InChI is InChI=1S/C24H26N2O5/c1-3-4-14-26-21(27)18-19(22(26)28)24(23(29)30,15-10-6-5-7-11-15)25-20(18)16-12-8-9-13-17(16)31-2/h5-13,18-20,25H,3-4,14H2,1-2H3,(H,29,30). The predicted molar refractivity (Wildman–Crippen MR) is 113 cm³/mol. The zero-order valence-corrected chi connectivity index (χ0v) is 17.6. The van der Waals surface area contributed by atoms with Gasteiger partial charge < -0.3 is 9.84 Å². The lowest BCUT2D eigenvalue weighted by Crippen LogP contribution is -2.53. The van der Waals surface area contributed by atoms with Crippen molar-refractivity contribution in [2.24, 2.45) is 11.8 Å². The van der Waals surface area contributed by atoms with E-state index in [0.29, 0.717) is 29.8 Å². The number of nitrogens with one attached hydrogen (secondary N) is 1. The van der Waals surface area contributed by atoms with Crippen LogP contribution in [0.2, 0.25) is 0 Å². The number of nitrogens with zero attached hydrogens (tertiary/aromatic N) is 1. The largest absolute Gasteiger partial charge is 0.496 e. The summed E-state index contributed by atoms with van der Waals surface area (Å²) in [5.41, 5.74) is -0.601. The lowest BCUT2D eigenvalue weighted by atomic mass is 9.75. The number of benzene rings is 2. The minimum atomic E-state index is -1.72. The van der Waals surface area contributed by atoms with Crippen LogP contribution in [0.4, 0.5) is 0 Å². The Hall–Kier alpha value is -3.19. The molecular weight excluding hydrogens is 396 g/mol. The van der Waals surface area contributed by atoms with Crippen molar-refractivity contribution in [1.82, 2.24) is 10.2 Å². The highest BCUT2D eigenvalue weighted by molar-refractivity contribution is 6.09. The number of ether oxygens (including phenoxy) is 1. The summed E-state index contributed by atoms with van der Waals surface area (Å²) in [5.74, 6) is -3.28. The smallest absolute Gasteiger partial charge is 0.329 e. The number of carboxylic acid groups (broad SMARTS) is 1. The Kier molecular flexibility index (Phi) is 5.54. The molecule has 2 amide bonds. The summed E-state index contributed by atoms with van der Waals surface area (Å²) in [6.07, 6.45) is 1.50. The van der Waals surface area contributed by atoms with E-state index in [0.717, 1.165) is 6.42 Å². The van der Waals surface area contributed by atoms with E-state index in [1.54, 1.807) is 36.4 Å². The first-order chi connectivity index (χ1) is 15.0. The fourth-order valence-corrected chi connectivity index (χ4v) is 4.98. The van der Waals surface area contributed by atoms with E-state index < -0.39 is 35.3 Å². The lowest BCUT2D eigenvalue weighted by Gasteiger charge is -2.31. The molecule has 0 bridgehead atoms. The summed E-state index contributed by atoms with van der Waals surface area (Å²) >= 11 is 0. The van der Waals surface area contributed by atoms with Gasteiger partial charge in [0.2, 0.25) is 11.8 Å². The highest BCUT2D eigenvalue weighted by Crippen LogP contribution is 2.54. The molecule has 2 fully saturated rings. The van der Waals surface area contributed by atoms with E-state index in [1.165, 1.54) is 12.0 Å². The summed E-state index contributed by atoms with van der Waals surface area (Å²) in [6, 6.07) is 15.2. The van der Waals surface area contributed by atoms with Gasteiger partial charge in [-0.1, -0.05) is 61.9 Å². The first-order valence-electron chi connectivity index (χ1n) is 10.5. The van der Waals surface area contributed by atoms with Crippen molar-refractivity contribution in [3.63, 3.8) is 0 Å². The van der Waals surface area contributed by atoms with Crippen molar-refractivity contribution in [2.45, 2.75) is 31.3 Å².